The third-order valence-corrected chi connectivity index (χ3v) is 2.40. The Balaban J connectivity index is 3.06. The summed E-state index contributed by atoms with van der Waals surface area (Å²) in [5.74, 6) is -0.270. The normalized spacial score (nSPS) is 16.3. The lowest BCUT2D eigenvalue weighted by molar-refractivity contribution is -0.127. The summed E-state index contributed by atoms with van der Waals surface area (Å²) in [4.78, 5) is 12.1. The van der Waals surface area contributed by atoms with E-state index in [9.17, 15) is 4.79 Å². The van der Waals surface area contributed by atoms with Gasteiger partial charge in [0.1, 0.15) is 0 Å². The van der Waals surface area contributed by atoms with Crippen LogP contribution in [-0.4, -0.2) is 11.8 Å². The largest absolute Gasteiger partial charge is 0.321 e. The number of aryl methyl sites for hydroxylation is 1. The molecule has 0 unspecified atom stereocenters. The highest BCUT2D eigenvalue weighted by Crippen LogP contribution is 2.18. The van der Waals surface area contributed by atoms with Crippen LogP contribution in [0.2, 0.25) is 0 Å². The van der Waals surface area contributed by atoms with Crippen molar-refractivity contribution in [3.63, 3.8) is 0 Å². The van der Waals surface area contributed by atoms with Crippen molar-refractivity contribution >= 4 is 5.78 Å². The average molecular weight is 221 g/mol. The summed E-state index contributed by atoms with van der Waals surface area (Å²) in [5, 5.41) is 0. The van der Waals surface area contributed by atoms with Crippen LogP contribution in [0.15, 0.2) is 24.3 Å². The molecule has 2 N–H and O–H groups in total. The Kier molecular flexibility index (Phi) is 3.00. The number of hydrogen-bond acceptors (Lipinski definition) is 2. The van der Waals surface area contributed by atoms with Crippen molar-refractivity contribution in [1.82, 2.24) is 0 Å². The molecule has 0 radical (unpaired) electrons. The molecule has 1 aromatic carbocycles. The SMILES string of the molecule is [2H]C([2H])(c1ccc(C)cc1)[C@H](N)C(=O)C(C)(C)C. The van der Waals surface area contributed by atoms with Gasteiger partial charge in [-0.25, -0.2) is 0 Å². The van der Waals surface area contributed by atoms with E-state index in [-0.39, 0.29) is 5.78 Å². The third-order valence-electron chi connectivity index (χ3n) is 2.40. The molecule has 1 atom stereocenters. The van der Waals surface area contributed by atoms with Crippen LogP contribution in [-0.2, 0) is 11.2 Å². The molecule has 0 spiro atoms. The molecule has 88 valence electrons. The van der Waals surface area contributed by atoms with Crippen LogP contribution < -0.4 is 5.73 Å². The molecule has 1 aromatic rings. The number of rotatable bonds is 3. The van der Waals surface area contributed by atoms with Gasteiger partial charge in [-0.3, -0.25) is 4.79 Å². The van der Waals surface area contributed by atoms with Crippen molar-refractivity contribution in [3.8, 4) is 0 Å². The summed E-state index contributed by atoms with van der Waals surface area (Å²) in [6, 6.07) is 5.86. The van der Waals surface area contributed by atoms with E-state index in [0.717, 1.165) is 5.56 Å². The van der Waals surface area contributed by atoms with Gasteiger partial charge >= 0.3 is 0 Å². The van der Waals surface area contributed by atoms with Crippen molar-refractivity contribution < 1.29 is 7.54 Å². The van der Waals surface area contributed by atoms with Crippen molar-refractivity contribution in [1.29, 1.82) is 0 Å². The molecule has 2 heteroatoms. The molecule has 0 bridgehead atoms. The predicted octanol–water partition coefficient (Wildman–Crippen LogP) is 2.48. The van der Waals surface area contributed by atoms with Crippen LogP contribution in [0.4, 0.5) is 0 Å². The maximum Gasteiger partial charge on any atom is 0.155 e. The summed E-state index contributed by atoms with van der Waals surface area (Å²) in [7, 11) is 0. The molecule has 2 nitrogen and oxygen atoms in total. The van der Waals surface area contributed by atoms with Crippen molar-refractivity contribution in [2.24, 2.45) is 11.1 Å². The van der Waals surface area contributed by atoms with Gasteiger partial charge in [-0.05, 0) is 18.9 Å². The molecular formula is C14H21NO. The Labute approximate surface area is 101 Å². The monoisotopic (exact) mass is 221 g/mol. The smallest absolute Gasteiger partial charge is 0.155 e. The summed E-state index contributed by atoms with van der Waals surface area (Å²) >= 11 is 0. The molecule has 0 aliphatic carbocycles. The molecule has 0 amide bonds. The first-order valence-electron chi connectivity index (χ1n) is 6.44. The van der Waals surface area contributed by atoms with E-state index >= 15 is 0 Å². The maximum absolute atomic E-state index is 12.1. The number of carbonyl (C=O) groups is 1. The second kappa shape index (κ2) is 4.79. The number of ketones is 1. The third kappa shape index (κ3) is 3.46. The Morgan fingerprint density at radius 3 is 2.31 bits per heavy atom. The average Bonchev–Trinajstić information content (AvgIpc) is 2.26. The van der Waals surface area contributed by atoms with Crippen LogP contribution in [0, 0.1) is 12.3 Å². The van der Waals surface area contributed by atoms with E-state index < -0.39 is 17.8 Å². The standard InChI is InChI=1S/C14H21NO/c1-10-5-7-11(8-6-10)9-12(15)13(16)14(2,3)4/h5-8,12H,9,15H2,1-4H3/t12-/m0/s1/i9D2. The maximum atomic E-state index is 12.1. The van der Waals surface area contributed by atoms with Gasteiger partial charge in [0.2, 0.25) is 0 Å². The van der Waals surface area contributed by atoms with E-state index in [1.807, 2.05) is 19.1 Å². The number of benzene rings is 1. The molecule has 16 heavy (non-hydrogen) atoms. The van der Waals surface area contributed by atoms with Crippen LogP contribution >= 0.6 is 0 Å². The highest BCUT2D eigenvalue weighted by molar-refractivity contribution is 5.88. The molecule has 1 rings (SSSR count). The molecule has 0 heterocycles. The van der Waals surface area contributed by atoms with Crippen molar-refractivity contribution in [2.75, 3.05) is 0 Å². The van der Waals surface area contributed by atoms with Gasteiger partial charge in [0.25, 0.3) is 0 Å². The van der Waals surface area contributed by atoms with E-state index in [1.54, 1.807) is 32.9 Å². The quantitative estimate of drug-likeness (QED) is 0.852. The lowest BCUT2D eigenvalue weighted by Gasteiger charge is -2.21. The predicted molar refractivity (Wildman–Crippen MR) is 67.3 cm³/mol. The molecule has 0 aromatic heterocycles. The zero-order valence-corrected chi connectivity index (χ0v) is 10.4. The highest BCUT2D eigenvalue weighted by atomic mass is 16.1. The van der Waals surface area contributed by atoms with Crippen molar-refractivity contribution in [3.05, 3.63) is 35.4 Å². The van der Waals surface area contributed by atoms with Crippen LogP contribution in [0.25, 0.3) is 0 Å². The fraction of sp³-hybridized carbons (Fsp3) is 0.500. The first-order valence-corrected chi connectivity index (χ1v) is 5.44. The summed E-state index contributed by atoms with van der Waals surface area (Å²) in [6.45, 7) is 7.18. The molecule has 0 saturated carbocycles. The van der Waals surface area contributed by atoms with Gasteiger partial charge in [-0.15, -0.1) is 0 Å². The number of nitrogens with two attached hydrogens (primary N) is 1. The number of Topliss-reactive ketones (excluding diaryl/α,β-unsaturated/α-hetero) is 1. The van der Waals surface area contributed by atoms with Crippen molar-refractivity contribution in [2.45, 2.75) is 40.1 Å². The van der Waals surface area contributed by atoms with Gasteiger partial charge in [-0.2, -0.15) is 0 Å². The Hall–Kier alpha value is -1.15. The molecule has 0 aliphatic rings. The lowest BCUT2D eigenvalue weighted by Crippen LogP contribution is -2.40. The summed E-state index contributed by atoms with van der Waals surface area (Å²) in [6.07, 6.45) is -1.85. The molecular weight excluding hydrogens is 198 g/mol. The molecule has 0 saturated heterocycles. The Bertz CT molecular complexity index is 432. The van der Waals surface area contributed by atoms with Crippen LogP contribution in [0.1, 0.15) is 34.6 Å². The zero-order valence-electron chi connectivity index (χ0n) is 12.4. The fourth-order valence-electron chi connectivity index (χ4n) is 1.36. The topological polar surface area (TPSA) is 43.1 Å². The Morgan fingerprint density at radius 2 is 1.88 bits per heavy atom. The van der Waals surface area contributed by atoms with Gasteiger partial charge in [0.05, 0.1) is 6.04 Å². The minimum Gasteiger partial charge on any atom is -0.321 e. The van der Waals surface area contributed by atoms with E-state index in [1.165, 1.54) is 0 Å². The fourth-order valence-corrected chi connectivity index (χ4v) is 1.36. The Morgan fingerprint density at radius 1 is 1.38 bits per heavy atom. The second-order valence-electron chi connectivity index (χ2n) is 5.10. The summed E-state index contributed by atoms with van der Waals surface area (Å²) in [5.41, 5.74) is 6.67. The van der Waals surface area contributed by atoms with Gasteiger partial charge in [-0.1, -0.05) is 50.6 Å². The van der Waals surface area contributed by atoms with Gasteiger partial charge < -0.3 is 5.73 Å². The van der Waals surface area contributed by atoms with E-state index in [4.69, 9.17) is 8.48 Å². The first kappa shape index (κ1) is 10.0. The first-order chi connectivity index (χ1) is 8.06. The van der Waals surface area contributed by atoms with Gasteiger partial charge in [0, 0.05) is 8.16 Å². The lowest BCUT2D eigenvalue weighted by atomic mass is 9.84. The number of carbonyl (C=O) groups excluding carboxylic acids is 1. The van der Waals surface area contributed by atoms with E-state index in [0.29, 0.717) is 5.56 Å². The minimum atomic E-state index is -1.85. The second-order valence-corrected chi connectivity index (χ2v) is 5.10. The number of hydrogen-bond donors (Lipinski definition) is 1. The molecule has 0 fully saturated rings. The zero-order chi connectivity index (χ0) is 14.1. The minimum absolute atomic E-state index is 0.270. The molecule has 0 aliphatic heterocycles. The van der Waals surface area contributed by atoms with Gasteiger partial charge in [0.15, 0.2) is 5.78 Å². The van der Waals surface area contributed by atoms with E-state index in [2.05, 4.69) is 0 Å². The van der Waals surface area contributed by atoms with Crippen LogP contribution in [0.5, 0.6) is 0 Å². The highest BCUT2D eigenvalue weighted by Gasteiger charge is 2.26. The summed E-state index contributed by atoms with van der Waals surface area (Å²) < 4.78 is 16.1. The van der Waals surface area contributed by atoms with Crippen LogP contribution in [0.3, 0.4) is 0 Å².